The highest BCUT2D eigenvalue weighted by Crippen LogP contribution is 2.38. The van der Waals surface area contributed by atoms with Crippen molar-refractivity contribution in [1.29, 1.82) is 0 Å². The molecule has 0 bridgehead atoms. The van der Waals surface area contributed by atoms with Crippen molar-refractivity contribution < 1.29 is 0 Å². The quantitative estimate of drug-likeness (QED) is 0.872. The van der Waals surface area contributed by atoms with Gasteiger partial charge in [-0.2, -0.15) is 0 Å². The Bertz CT molecular complexity index is 562. The summed E-state index contributed by atoms with van der Waals surface area (Å²) in [6, 6.07) is 8.50. The Hall–Kier alpha value is -1.64. The average molecular weight is 241 g/mol. The molecule has 0 spiro atoms. The molecule has 3 heteroatoms. The first kappa shape index (κ1) is 11.5. The summed E-state index contributed by atoms with van der Waals surface area (Å²) in [5, 5.41) is 3.55. The summed E-state index contributed by atoms with van der Waals surface area (Å²) in [5.74, 6) is 0.897. The number of hydrogen-bond acceptors (Lipinski definition) is 3. The summed E-state index contributed by atoms with van der Waals surface area (Å²) in [6.07, 6.45) is 5.65. The molecule has 18 heavy (non-hydrogen) atoms. The zero-order valence-corrected chi connectivity index (χ0v) is 11.0. The van der Waals surface area contributed by atoms with Gasteiger partial charge in [-0.05, 0) is 30.4 Å². The lowest BCUT2D eigenvalue weighted by atomic mass is 9.87. The van der Waals surface area contributed by atoms with Gasteiger partial charge in [0.05, 0.1) is 17.2 Å². The maximum Gasteiger partial charge on any atom is 0.145 e. The van der Waals surface area contributed by atoms with Crippen LogP contribution in [0, 0.1) is 5.41 Å². The van der Waals surface area contributed by atoms with Crippen LogP contribution < -0.4 is 5.32 Å². The zero-order chi connectivity index (χ0) is 12.6. The fourth-order valence-corrected chi connectivity index (χ4v) is 2.80. The summed E-state index contributed by atoms with van der Waals surface area (Å²) in [7, 11) is 0. The van der Waals surface area contributed by atoms with Crippen LogP contribution in [0.1, 0.15) is 33.1 Å². The van der Waals surface area contributed by atoms with Gasteiger partial charge >= 0.3 is 0 Å². The Labute approximate surface area is 108 Å². The Morgan fingerprint density at radius 3 is 2.72 bits per heavy atom. The predicted octanol–water partition coefficient (Wildman–Crippen LogP) is 3.62. The minimum Gasteiger partial charge on any atom is -0.366 e. The Morgan fingerprint density at radius 2 is 2.00 bits per heavy atom. The Kier molecular flexibility index (Phi) is 2.69. The second-order valence-electron chi connectivity index (χ2n) is 5.82. The largest absolute Gasteiger partial charge is 0.366 e. The molecule has 94 valence electrons. The molecule has 1 unspecified atom stereocenters. The number of aromatic nitrogens is 2. The van der Waals surface area contributed by atoms with E-state index in [0.29, 0.717) is 11.5 Å². The monoisotopic (exact) mass is 241 g/mol. The topological polar surface area (TPSA) is 37.8 Å². The summed E-state index contributed by atoms with van der Waals surface area (Å²) >= 11 is 0. The number of benzene rings is 1. The van der Waals surface area contributed by atoms with Crippen LogP contribution in [0.4, 0.5) is 5.82 Å². The van der Waals surface area contributed by atoms with Crippen LogP contribution >= 0.6 is 0 Å². The number of hydrogen-bond donors (Lipinski definition) is 1. The van der Waals surface area contributed by atoms with E-state index in [4.69, 9.17) is 0 Å². The lowest BCUT2D eigenvalue weighted by Crippen LogP contribution is -2.31. The fraction of sp³-hybridized carbons (Fsp3) is 0.467. The summed E-state index contributed by atoms with van der Waals surface area (Å²) in [6.45, 7) is 4.65. The van der Waals surface area contributed by atoms with Gasteiger partial charge in [-0.1, -0.05) is 32.4 Å². The van der Waals surface area contributed by atoms with Crippen molar-refractivity contribution in [1.82, 2.24) is 9.97 Å². The van der Waals surface area contributed by atoms with E-state index in [2.05, 4.69) is 29.1 Å². The van der Waals surface area contributed by atoms with Crippen molar-refractivity contribution in [3.8, 4) is 0 Å². The van der Waals surface area contributed by atoms with Gasteiger partial charge in [0.15, 0.2) is 0 Å². The van der Waals surface area contributed by atoms with Crippen molar-refractivity contribution >= 4 is 16.9 Å². The molecule has 0 radical (unpaired) electrons. The molecule has 1 heterocycles. The van der Waals surface area contributed by atoms with Crippen molar-refractivity contribution in [3.05, 3.63) is 30.5 Å². The first-order valence-electron chi connectivity index (χ1n) is 6.63. The maximum atomic E-state index is 4.63. The van der Waals surface area contributed by atoms with Gasteiger partial charge in [0.2, 0.25) is 0 Å². The highest BCUT2D eigenvalue weighted by atomic mass is 15.0. The van der Waals surface area contributed by atoms with E-state index in [-0.39, 0.29) is 0 Å². The zero-order valence-electron chi connectivity index (χ0n) is 11.0. The van der Waals surface area contributed by atoms with Gasteiger partial charge in [0.1, 0.15) is 5.82 Å². The molecule has 1 aromatic carbocycles. The number of anilines is 1. The standard InChI is InChI=1S/C15H19N3/c1-15(2)9-5-8-13(15)18-14-10-16-11-6-3-4-7-12(11)17-14/h3-4,6-7,10,13H,5,8-9H2,1-2H3,(H,17,18). The highest BCUT2D eigenvalue weighted by molar-refractivity contribution is 5.75. The van der Waals surface area contributed by atoms with Crippen molar-refractivity contribution in [2.45, 2.75) is 39.2 Å². The molecule has 0 aliphatic heterocycles. The van der Waals surface area contributed by atoms with Gasteiger partial charge in [0.25, 0.3) is 0 Å². The smallest absolute Gasteiger partial charge is 0.145 e. The molecule has 1 atom stereocenters. The van der Waals surface area contributed by atoms with E-state index in [9.17, 15) is 0 Å². The highest BCUT2D eigenvalue weighted by Gasteiger charge is 2.34. The lowest BCUT2D eigenvalue weighted by molar-refractivity contribution is 0.349. The molecule has 1 aliphatic rings. The molecule has 3 nitrogen and oxygen atoms in total. The minimum absolute atomic E-state index is 0.354. The molecule has 1 aliphatic carbocycles. The Balaban J connectivity index is 1.87. The minimum atomic E-state index is 0.354. The summed E-state index contributed by atoms with van der Waals surface area (Å²) in [4.78, 5) is 9.08. The van der Waals surface area contributed by atoms with Crippen LogP contribution in [0.5, 0.6) is 0 Å². The average Bonchev–Trinajstić information content (AvgIpc) is 2.69. The maximum absolute atomic E-state index is 4.63. The van der Waals surface area contributed by atoms with E-state index >= 15 is 0 Å². The van der Waals surface area contributed by atoms with Crippen LogP contribution in [0.15, 0.2) is 30.5 Å². The van der Waals surface area contributed by atoms with Crippen molar-refractivity contribution in [3.63, 3.8) is 0 Å². The van der Waals surface area contributed by atoms with Crippen LogP contribution in [0.3, 0.4) is 0 Å². The van der Waals surface area contributed by atoms with Crippen LogP contribution in [-0.2, 0) is 0 Å². The van der Waals surface area contributed by atoms with Gasteiger partial charge in [0, 0.05) is 6.04 Å². The number of nitrogens with zero attached hydrogens (tertiary/aromatic N) is 2. The molecule has 1 saturated carbocycles. The van der Waals surface area contributed by atoms with E-state index < -0.39 is 0 Å². The Morgan fingerprint density at radius 1 is 1.22 bits per heavy atom. The number of rotatable bonds is 2. The molecule has 3 rings (SSSR count). The predicted molar refractivity (Wildman–Crippen MR) is 74.6 cm³/mol. The molecular formula is C15H19N3. The van der Waals surface area contributed by atoms with Crippen LogP contribution in [0.2, 0.25) is 0 Å². The molecule has 0 saturated heterocycles. The molecule has 0 amide bonds. The number of para-hydroxylation sites is 2. The van der Waals surface area contributed by atoms with Crippen LogP contribution in [-0.4, -0.2) is 16.0 Å². The molecule has 1 fully saturated rings. The second-order valence-corrected chi connectivity index (χ2v) is 5.82. The molecule has 1 aromatic heterocycles. The summed E-state index contributed by atoms with van der Waals surface area (Å²) < 4.78 is 0. The number of fused-ring (bicyclic) bond motifs is 1. The van der Waals surface area contributed by atoms with Crippen molar-refractivity contribution in [2.24, 2.45) is 5.41 Å². The number of nitrogens with one attached hydrogen (secondary N) is 1. The normalized spacial score (nSPS) is 22.2. The molecular weight excluding hydrogens is 222 g/mol. The van der Waals surface area contributed by atoms with Gasteiger partial charge in [-0.3, -0.25) is 4.98 Å². The van der Waals surface area contributed by atoms with Gasteiger partial charge in [-0.25, -0.2) is 4.98 Å². The van der Waals surface area contributed by atoms with E-state index in [0.717, 1.165) is 16.9 Å². The third kappa shape index (κ3) is 2.05. The third-order valence-corrected chi connectivity index (χ3v) is 4.03. The first-order valence-corrected chi connectivity index (χ1v) is 6.63. The van der Waals surface area contributed by atoms with E-state index in [1.54, 1.807) is 0 Å². The van der Waals surface area contributed by atoms with Gasteiger partial charge < -0.3 is 5.32 Å². The molecule has 2 aromatic rings. The van der Waals surface area contributed by atoms with Crippen LogP contribution in [0.25, 0.3) is 11.0 Å². The van der Waals surface area contributed by atoms with Crippen molar-refractivity contribution in [2.75, 3.05) is 5.32 Å². The fourth-order valence-electron chi connectivity index (χ4n) is 2.80. The van der Waals surface area contributed by atoms with Gasteiger partial charge in [-0.15, -0.1) is 0 Å². The second kappa shape index (κ2) is 4.23. The lowest BCUT2D eigenvalue weighted by Gasteiger charge is -2.28. The third-order valence-electron chi connectivity index (χ3n) is 4.03. The van der Waals surface area contributed by atoms with E-state index in [1.807, 2.05) is 30.5 Å². The summed E-state index contributed by atoms with van der Waals surface area (Å²) in [5.41, 5.74) is 2.26. The SMILES string of the molecule is CC1(C)CCCC1Nc1cnc2ccccc2n1. The first-order chi connectivity index (χ1) is 8.65. The van der Waals surface area contributed by atoms with E-state index in [1.165, 1.54) is 19.3 Å². The molecule has 1 N–H and O–H groups in total.